The summed E-state index contributed by atoms with van der Waals surface area (Å²) in [6.45, 7) is 9.24. The lowest BCUT2D eigenvalue weighted by molar-refractivity contribution is 0.0205. The van der Waals surface area contributed by atoms with Crippen LogP contribution in [0.2, 0.25) is 0 Å². The van der Waals surface area contributed by atoms with Gasteiger partial charge in [0.2, 0.25) is 0 Å². The molecular weight excluding hydrogens is 264 g/mol. The number of amides is 1. The molecule has 0 spiro atoms. The van der Waals surface area contributed by atoms with Crippen LogP contribution in [0.15, 0.2) is 18.2 Å². The van der Waals surface area contributed by atoms with E-state index >= 15 is 0 Å². The third kappa shape index (κ3) is 4.38. The van der Waals surface area contributed by atoms with E-state index in [-0.39, 0.29) is 6.09 Å². The second-order valence-corrected chi connectivity index (χ2v) is 6.92. The van der Waals surface area contributed by atoms with E-state index in [0.717, 1.165) is 31.6 Å². The number of carbonyl (C=O) groups is 1. The number of hydrogen-bond donors (Lipinski definition) is 1. The van der Waals surface area contributed by atoms with Crippen molar-refractivity contribution in [1.82, 2.24) is 4.90 Å². The summed E-state index contributed by atoms with van der Waals surface area (Å²) >= 11 is 0. The fraction of sp³-hybridized carbons (Fsp3) is 0.588. The van der Waals surface area contributed by atoms with Gasteiger partial charge in [0.25, 0.3) is 0 Å². The van der Waals surface area contributed by atoms with Crippen molar-refractivity contribution in [1.29, 1.82) is 0 Å². The number of likely N-dealkylation sites (tertiary alicyclic amines) is 1. The van der Waals surface area contributed by atoms with Crippen LogP contribution >= 0.6 is 0 Å². The summed E-state index contributed by atoms with van der Waals surface area (Å²) in [5.74, 6) is 0.478. The molecular formula is C17H26N2O2. The van der Waals surface area contributed by atoms with Crippen molar-refractivity contribution >= 4 is 11.8 Å². The number of piperidine rings is 1. The molecule has 0 atom stereocenters. The summed E-state index contributed by atoms with van der Waals surface area (Å²) in [5, 5.41) is 0. The molecule has 1 fully saturated rings. The van der Waals surface area contributed by atoms with Gasteiger partial charge in [-0.25, -0.2) is 4.79 Å². The first kappa shape index (κ1) is 15.7. The number of anilines is 1. The van der Waals surface area contributed by atoms with Crippen molar-refractivity contribution in [3.05, 3.63) is 29.3 Å². The zero-order chi connectivity index (χ0) is 15.6. The van der Waals surface area contributed by atoms with Gasteiger partial charge in [-0.2, -0.15) is 0 Å². The maximum absolute atomic E-state index is 12.0. The molecule has 1 aromatic rings. The van der Waals surface area contributed by atoms with Crippen LogP contribution in [0.5, 0.6) is 0 Å². The van der Waals surface area contributed by atoms with Gasteiger partial charge in [0.05, 0.1) is 0 Å². The highest BCUT2D eigenvalue weighted by Crippen LogP contribution is 2.30. The average molecular weight is 290 g/mol. The topological polar surface area (TPSA) is 55.6 Å². The number of aryl methyl sites for hydroxylation is 1. The first-order chi connectivity index (χ1) is 9.74. The Morgan fingerprint density at radius 3 is 2.38 bits per heavy atom. The minimum Gasteiger partial charge on any atom is -0.444 e. The molecule has 0 bridgehead atoms. The maximum Gasteiger partial charge on any atom is 0.410 e. The van der Waals surface area contributed by atoms with Crippen LogP contribution in [0.1, 0.15) is 50.7 Å². The lowest BCUT2D eigenvalue weighted by Gasteiger charge is -2.33. The van der Waals surface area contributed by atoms with E-state index in [4.69, 9.17) is 10.5 Å². The lowest BCUT2D eigenvalue weighted by atomic mass is 9.88. The number of nitrogens with zero attached hydrogens (tertiary/aromatic N) is 1. The Balaban J connectivity index is 1.95. The molecule has 4 nitrogen and oxygen atoms in total. The maximum atomic E-state index is 12.0. The number of benzene rings is 1. The second-order valence-electron chi connectivity index (χ2n) is 6.92. The van der Waals surface area contributed by atoms with Gasteiger partial charge >= 0.3 is 6.09 Å². The van der Waals surface area contributed by atoms with Gasteiger partial charge in [0.1, 0.15) is 5.60 Å². The normalized spacial score (nSPS) is 16.9. The largest absolute Gasteiger partial charge is 0.444 e. The molecule has 116 valence electrons. The van der Waals surface area contributed by atoms with Crippen LogP contribution in [0.4, 0.5) is 10.5 Å². The summed E-state index contributed by atoms with van der Waals surface area (Å²) in [5.41, 5.74) is 8.80. The summed E-state index contributed by atoms with van der Waals surface area (Å²) in [4.78, 5) is 13.9. The fourth-order valence-electron chi connectivity index (χ4n) is 2.80. The minimum absolute atomic E-state index is 0.204. The fourth-order valence-corrected chi connectivity index (χ4v) is 2.80. The van der Waals surface area contributed by atoms with Crippen LogP contribution in [0.25, 0.3) is 0 Å². The van der Waals surface area contributed by atoms with Gasteiger partial charge in [-0.1, -0.05) is 6.07 Å². The van der Waals surface area contributed by atoms with Crippen LogP contribution in [-0.4, -0.2) is 29.7 Å². The molecule has 1 aliphatic heterocycles. The second kappa shape index (κ2) is 5.96. The molecule has 2 N–H and O–H groups in total. The monoisotopic (exact) mass is 290 g/mol. The number of nitrogens with two attached hydrogens (primary N) is 1. The van der Waals surface area contributed by atoms with Crippen molar-refractivity contribution in [2.75, 3.05) is 18.8 Å². The third-order valence-electron chi connectivity index (χ3n) is 3.74. The van der Waals surface area contributed by atoms with Crippen molar-refractivity contribution in [2.45, 2.75) is 52.1 Å². The number of hydrogen-bond acceptors (Lipinski definition) is 3. The Kier molecular flexibility index (Phi) is 4.45. The van der Waals surface area contributed by atoms with Gasteiger partial charge < -0.3 is 15.4 Å². The Bertz CT molecular complexity index is 492. The van der Waals surface area contributed by atoms with E-state index in [9.17, 15) is 4.79 Å². The molecule has 0 unspecified atom stereocenters. The van der Waals surface area contributed by atoms with E-state index < -0.39 is 5.60 Å². The number of carbonyl (C=O) groups excluding carboxylic acids is 1. The van der Waals surface area contributed by atoms with Gasteiger partial charge in [-0.3, -0.25) is 0 Å². The summed E-state index contributed by atoms with van der Waals surface area (Å²) < 4.78 is 5.42. The van der Waals surface area contributed by atoms with E-state index in [1.807, 2.05) is 26.8 Å². The molecule has 0 radical (unpaired) electrons. The highest BCUT2D eigenvalue weighted by Gasteiger charge is 2.27. The molecule has 1 saturated heterocycles. The molecule has 0 saturated carbocycles. The average Bonchev–Trinajstić information content (AvgIpc) is 2.35. The van der Waals surface area contributed by atoms with Gasteiger partial charge in [-0.05, 0) is 69.7 Å². The molecule has 1 heterocycles. The molecule has 1 aromatic carbocycles. The van der Waals surface area contributed by atoms with E-state index in [2.05, 4.69) is 19.1 Å². The standard InChI is InChI=1S/C17H26N2O2/c1-12-9-14(11-15(18)10-12)13-5-7-19(8-6-13)16(20)21-17(2,3)4/h9-11,13H,5-8,18H2,1-4H3. The molecule has 1 aliphatic rings. The van der Waals surface area contributed by atoms with Crippen molar-refractivity contribution in [3.63, 3.8) is 0 Å². The zero-order valence-corrected chi connectivity index (χ0v) is 13.5. The minimum atomic E-state index is -0.432. The van der Waals surface area contributed by atoms with Crippen molar-refractivity contribution in [3.8, 4) is 0 Å². The number of ether oxygens (including phenoxy) is 1. The van der Waals surface area contributed by atoms with Gasteiger partial charge in [-0.15, -0.1) is 0 Å². The molecule has 1 amide bonds. The Labute approximate surface area is 127 Å². The molecule has 0 aliphatic carbocycles. The molecule has 21 heavy (non-hydrogen) atoms. The Hall–Kier alpha value is -1.71. The summed E-state index contributed by atoms with van der Waals surface area (Å²) in [7, 11) is 0. The number of rotatable bonds is 1. The molecule has 0 aromatic heterocycles. The van der Waals surface area contributed by atoms with E-state index in [1.54, 1.807) is 4.90 Å². The van der Waals surface area contributed by atoms with Gasteiger partial charge in [0, 0.05) is 18.8 Å². The highest BCUT2D eigenvalue weighted by molar-refractivity contribution is 5.68. The van der Waals surface area contributed by atoms with Crippen LogP contribution in [0.3, 0.4) is 0 Å². The first-order valence-corrected chi connectivity index (χ1v) is 7.59. The predicted octanol–water partition coefficient (Wildman–Crippen LogP) is 3.69. The third-order valence-corrected chi connectivity index (χ3v) is 3.74. The van der Waals surface area contributed by atoms with Gasteiger partial charge in [0.15, 0.2) is 0 Å². The van der Waals surface area contributed by atoms with E-state index in [1.165, 1.54) is 11.1 Å². The van der Waals surface area contributed by atoms with E-state index in [0.29, 0.717) is 5.92 Å². The quantitative estimate of drug-likeness (QED) is 0.802. The van der Waals surface area contributed by atoms with Crippen LogP contribution in [-0.2, 0) is 4.74 Å². The first-order valence-electron chi connectivity index (χ1n) is 7.59. The molecule has 2 rings (SSSR count). The smallest absolute Gasteiger partial charge is 0.410 e. The van der Waals surface area contributed by atoms with Crippen molar-refractivity contribution in [2.24, 2.45) is 0 Å². The predicted molar refractivity (Wildman–Crippen MR) is 85.4 cm³/mol. The SMILES string of the molecule is Cc1cc(N)cc(C2CCN(C(=O)OC(C)(C)C)CC2)c1. The highest BCUT2D eigenvalue weighted by atomic mass is 16.6. The molecule has 4 heteroatoms. The summed E-state index contributed by atoms with van der Waals surface area (Å²) in [6, 6.07) is 6.24. The van der Waals surface area contributed by atoms with Crippen LogP contribution in [0, 0.1) is 6.92 Å². The van der Waals surface area contributed by atoms with Crippen molar-refractivity contribution < 1.29 is 9.53 Å². The summed E-state index contributed by atoms with van der Waals surface area (Å²) in [6.07, 6.45) is 1.72. The van der Waals surface area contributed by atoms with Crippen LogP contribution < -0.4 is 5.73 Å². The zero-order valence-electron chi connectivity index (χ0n) is 13.5. The Morgan fingerprint density at radius 2 is 1.86 bits per heavy atom. The lowest BCUT2D eigenvalue weighted by Crippen LogP contribution is -2.41. The number of nitrogen functional groups attached to an aromatic ring is 1. The Morgan fingerprint density at radius 1 is 1.24 bits per heavy atom.